The van der Waals surface area contributed by atoms with E-state index in [1.54, 1.807) is 0 Å². The molecule has 0 spiro atoms. The van der Waals surface area contributed by atoms with Gasteiger partial charge in [-0.25, -0.2) is 4.79 Å². The van der Waals surface area contributed by atoms with Crippen LogP contribution >= 0.6 is 24.0 Å². The first kappa shape index (κ1) is 13.7. The van der Waals surface area contributed by atoms with E-state index >= 15 is 0 Å². The number of rotatable bonds is 3. The van der Waals surface area contributed by atoms with Crippen molar-refractivity contribution >= 4 is 34.3 Å². The van der Waals surface area contributed by atoms with Crippen molar-refractivity contribution in [3.05, 3.63) is 0 Å². The minimum Gasteiger partial charge on any atom is -0.479 e. The molecule has 1 rings (SSSR count). The number of hydrogen-bond acceptors (Lipinski definition) is 6. The third-order valence-electron chi connectivity index (χ3n) is 2.22. The Morgan fingerprint density at radius 3 is 3.00 bits per heavy atom. The van der Waals surface area contributed by atoms with Crippen molar-refractivity contribution in [2.75, 3.05) is 20.3 Å². The number of ether oxygens (including phenoxy) is 3. The van der Waals surface area contributed by atoms with Gasteiger partial charge in [0.2, 0.25) is 4.38 Å². The first-order valence-corrected chi connectivity index (χ1v) is 6.49. The second-order valence-corrected chi connectivity index (χ2v) is 5.23. The number of methoxy groups -OCH3 is 1. The number of hydrogen-bond donors (Lipinski definition) is 0. The maximum absolute atomic E-state index is 11.3. The van der Waals surface area contributed by atoms with Crippen molar-refractivity contribution in [1.29, 1.82) is 0 Å². The zero-order chi connectivity index (χ0) is 12.0. The molecule has 1 heterocycles. The molecule has 0 aromatic carbocycles. The van der Waals surface area contributed by atoms with E-state index in [1.165, 1.54) is 18.9 Å². The van der Waals surface area contributed by atoms with E-state index in [0.717, 1.165) is 6.42 Å². The fraction of sp³-hybridized carbons (Fsp3) is 0.800. The van der Waals surface area contributed by atoms with E-state index < -0.39 is 6.10 Å². The first-order chi connectivity index (χ1) is 7.67. The van der Waals surface area contributed by atoms with Gasteiger partial charge in [0.15, 0.2) is 6.10 Å². The molecule has 6 heteroatoms. The van der Waals surface area contributed by atoms with Gasteiger partial charge in [0, 0.05) is 11.9 Å². The minimum atomic E-state index is -0.458. The molecular formula is C10H16O4S2. The lowest BCUT2D eigenvalue weighted by atomic mass is 10.1. The second-order valence-electron chi connectivity index (χ2n) is 3.33. The van der Waals surface area contributed by atoms with Crippen LogP contribution in [0.1, 0.15) is 19.8 Å². The van der Waals surface area contributed by atoms with E-state index in [0.29, 0.717) is 24.0 Å². The highest BCUT2D eigenvalue weighted by atomic mass is 32.2. The number of esters is 1. The lowest BCUT2D eigenvalue weighted by Crippen LogP contribution is -2.34. The maximum atomic E-state index is 11.3. The van der Waals surface area contributed by atoms with Gasteiger partial charge in [0.1, 0.15) is 0 Å². The Balaban J connectivity index is 2.38. The average molecular weight is 264 g/mol. The molecule has 0 amide bonds. The number of carbonyl (C=O) groups is 1. The molecular weight excluding hydrogens is 248 g/mol. The Labute approximate surface area is 105 Å². The predicted octanol–water partition coefficient (Wildman–Crippen LogP) is 1.76. The van der Waals surface area contributed by atoms with Crippen molar-refractivity contribution < 1.29 is 19.0 Å². The van der Waals surface area contributed by atoms with Gasteiger partial charge in [-0.1, -0.05) is 11.8 Å². The molecule has 0 radical (unpaired) electrons. The van der Waals surface area contributed by atoms with E-state index in [9.17, 15) is 4.79 Å². The molecule has 0 aromatic rings. The van der Waals surface area contributed by atoms with Crippen LogP contribution < -0.4 is 0 Å². The van der Waals surface area contributed by atoms with E-state index in [-0.39, 0.29) is 11.2 Å². The summed E-state index contributed by atoms with van der Waals surface area (Å²) in [6.07, 6.45) is 1.05. The van der Waals surface area contributed by atoms with Gasteiger partial charge >= 0.3 is 5.97 Å². The second kappa shape index (κ2) is 7.09. The Morgan fingerprint density at radius 1 is 1.62 bits per heavy atom. The van der Waals surface area contributed by atoms with Crippen LogP contribution in [0, 0.1) is 0 Å². The zero-order valence-electron chi connectivity index (χ0n) is 9.43. The molecule has 2 atom stereocenters. The minimum absolute atomic E-state index is 0.275. The van der Waals surface area contributed by atoms with Gasteiger partial charge in [-0.3, -0.25) is 0 Å². The molecule has 1 aliphatic heterocycles. The van der Waals surface area contributed by atoms with Crippen LogP contribution in [-0.2, 0) is 19.0 Å². The van der Waals surface area contributed by atoms with Crippen molar-refractivity contribution in [1.82, 2.24) is 0 Å². The summed E-state index contributed by atoms with van der Waals surface area (Å²) in [5.74, 6) is -0.312. The molecule has 1 fully saturated rings. The van der Waals surface area contributed by atoms with Crippen molar-refractivity contribution in [2.24, 2.45) is 0 Å². The lowest BCUT2D eigenvalue weighted by molar-refractivity contribution is -0.156. The Hall–Kier alpha value is -0.330. The molecule has 1 aliphatic rings. The number of thioether (sulfide) groups is 1. The van der Waals surface area contributed by atoms with Gasteiger partial charge in [-0.2, -0.15) is 0 Å². The summed E-state index contributed by atoms with van der Waals surface area (Å²) in [7, 11) is 1.37. The first-order valence-electron chi connectivity index (χ1n) is 5.20. The fourth-order valence-corrected chi connectivity index (χ4v) is 2.93. The Morgan fingerprint density at radius 2 is 2.38 bits per heavy atom. The van der Waals surface area contributed by atoms with Crippen molar-refractivity contribution in [3.63, 3.8) is 0 Å². The molecule has 0 aromatic heterocycles. The summed E-state index contributed by atoms with van der Waals surface area (Å²) < 4.78 is 15.7. The summed E-state index contributed by atoms with van der Waals surface area (Å²) in [5, 5.41) is 0.275. The van der Waals surface area contributed by atoms with Crippen LogP contribution in [0.15, 0.2) is 0 Å². The van der Waals surface area contributed by atoms with Crippen LogP contribution in [0.2, 0.25) is 0 Å². The normalized spacial score (nSPS) is 24.9. The number of carbonyl (C=O) groups excluding carboxylic acids is 1. The third-order valence-corrected chi connectivity index (χ3v) is 3.70. The van der Waals surface area contributed by atoms with E-state index in [4.69, 9.17) is 21.7 Å². The molecule has 0 bridgehead atoms. The van der Waals surface area contributed by atoms with Gasteiger partial charge in [-0.05, 0) is 32.0 Å². The van der Waals surface area contributed by atoms with Crippen LogP contribution in [0.25, 0.3) is 0 Å². The Bertz CT molecular complexity index is 257. The quantitative estimate of drug-likeness (QED) is 0.572. The maximum Gasteiger partial charge on any atom is 0.335 e. The smallest absolute Gasteiger partial charge is 0.335 e. The van der Waals surface area contributed by atoms with Crippen LogP contribution in [0.5, 0.6) is 0 Å². The van der Waals surface area contributed by atoms with Gasteiger partial charge in [-0.15, -0.1) is 0 Å². The largest absolute Gasteiger partial charge is 0.479 e. The third kappa shape index (κ3) is 4.27. The summed E-state index contributed by atoms with van der Waals surface area (Å²) in [4.78, 5) is 11.3. The Kier molecular flexibility index (Phi) is 6.08. The highest BCUT2D eigenvalue weighted by Crippen LogP contribution is 2.27. The van der Waals surface area contributed by atoms with Crippen LogP contribution in [0.3, 0.4) is 0 Å². The highest BCUT2D eigenvalue weighted by molar-refractivity contribution is 8.23. The molecule has 0 saturated carbocycles. The van der Waals surface area contributed by atoms with E-state index in [2.05, 4.69) is 4.74 Å². The van der Waals surface area contributed by atoms with Gasteiger partial charge in [0.05, 0.1) is 13.7 Å². The number of thiocarbonyl (C=S) groups is 1. The van der Waals surface area contributed by atoms with Crippen molar-refractivity contribution in [3.8, 4) is 0 Å². The van der Waals surface area contributed by atoms with E-state index in [1.807, 2.05) is 6.92 Å². The zero-order valence-corrected chi connectivity index (χ0v) is 11.1. The summed E-state index contributed by atoms with van der Waals surface area (Å²) in [6.45, 7) is 3.04. The monoisotopic (exact) mass is 264 g/mol. The molecule has 1 saturated heterocycles. The lowest BCUT2D eigenvalue weighted by Gasteiger charge is -2.27. The molecule has 2 unspecified atom stereocenters. The van der Waals surface area contributed by atoms with Crippen LogP contribution in [-0.4, -0.2) is 42.0 Å². The van der Waals surface area contributed by atoms with Gasteiger partial charge in [0.25, 0.3) is 0 Å². The molecule has 0 N–H and O–H groups in total. The SMILES string of the molecule is CCOC(=S)SC1CCOC(C(=O)OC)C1. The van der Waals surface area contributed by atoms with Crippen molar-refractivity contribution in [2.45, 2.75) is 31.1 Å². The molecule has 16 heavy (non-hydrogen) atoms. The standard InChI is InChI=1S/C10H16O4S2/c1-3-13-10(15)16-7-4-5-14-8(6-7)9(11)12-2/h7-8H,3-6H2,1-2H3. The highest BCUT2D eigenvalue weighted by Gasteiger charge is 2.30. The molecule has 92 valence electrons. The van der Waals surface area contributed by atoms with Crippen LogP contribution in [0.4, 0.5) is 0 Å². The summed E-state index contributed by atoms with van der Waals surface area (Å²) in [6, 6.07) is 0. The van der Waals surface area contributed by atoms with Gasteiger partial charge < -0.3 is 14.2 Å². The fourth-order valence-electron chi connectivity index (χ4n) is 1.46. The predicted molar refractivity (Wildman–Crippen MR) is 66.6 cm³/mol. The summed E-state index contributed by atoms with van der Waals surface area (Å²) >= 11 is 6.55. The summed E-state index contributed by atoms with van der Waals surface area (Å²) in [5.41, 5.74) is 0. The topological polar surface area (TPSA) is 44.8 Å². The average Bonchev–Trinajstić information content (AvgIpc) is 2.28. The molecule has 0 aliphatic carbocycles. The molecule has 4 nitrogen and oxygen atoms in total.